The molecule has 3 amide bonds. The van der Waals surface area contributed by atoms with Crippen molar-refractivity contribution in [2.75, 3.05) is 0 Å². The predicted molar refractivity (Wildman–Crippen MR) is 98.1 cm³/mol. The summed E-state index contributed by atoms with van der Waals surface area (Å²) >= 11 is 6.00. The van der Waals surface area contributed by atoms with Gasteiger partial charge in [-0.2, -0.15) is 0 Å². The summed E-state index contributed by atoms with van der Waals surface area (Å²) in [6.45, 7) is 0. The first-order valence-corrected chi connectivity index (χ1v) is 8.68. The van der Waals surface area contributed by atoms with E-state index in [0.29, 0.717) is 27.6 Å². The third kappa shape index (κ3) is 3.54. The number of nitrogens with zero attached hydrogens (tertiary/aromatic N) is 1. The lowest BCUT2D eigenvalue weighted by Gasteiger charge is -2.21. The van der Waals surface area contributed by atoms with E-state index in [1.165, 1.54) is 0 Å². The second kappa shape index (κ2) is 6.85. The van der Waals surface area contributed by atoms with Gasteiger partial charge in [0.2, 0.25) is 17.7 Å². The summed E-state index contributed by atoms with van der Waals surface area (Å²) in [4.78, 5) is 39.8. The van der Waals surface area contributed by atoms with E-state index in [1.54, 1.807) is 36.4 Å². The zero-order chi connectivity index (χ0) is 19.0. The first-order valence-electron chi connectivity index (χ1n) is 8.31. The van der Waals surface area contributed by atoms with Crippen molar-refractivity contribution in [2.24, 2.45) is 0 Å². The minimum absolute atomic E-state index is 0.196. The summed E-state index contributed by atoms with van der Waals surface area (Å²) < 4.78 is 5.72. The SMILES string of the molecule is O=C1CCC(NC(=O)c2ccc3oc(-c4cccc(Cl)c4)nc3c2)C(=O)N1. The molecular weight excluding hydrogens is 370 g/mol. The van der Waals surface area contributed by atoms with E-state index >= 15 is 0 Å². The highest BCUT2D eigenvalue weighted by atomic mass is 35.5. The van der Waals surface area contributed by atoms with Gasteiger partial charge in [0.25, 0.3) is 5.91 Å². The number of imide groups is 1. The molecule has 1 fully saturated rings. The Balaban J connectivity index is 1.57. The van der Waals surface area contributed by atoms with E-state index in [9.17, 15) is 14.4 Å². The maximum atomic E-state index is 12.5. The number of piperidine rings is 1. The molecular formula is C19H14ClN3O4. The van der Waals surface area contributed by atoms with Gasteiger partial charge in [-0.15, -0.1) is 0 Å². The quantitative estimate of drug-likeness (QED) is 0.677. The molecule has 0 bridgehead atoms. The molecule has 0 spiro atoms. The van der Waals surface area contributed by atoms with Crippen LogP contribution < -0.4 is 10.6 Å². The van der Waals surface area contributed by atoms with Gasteiger partial charge in [0.1, 0.15) is 11.6 Å². The number of carbonyl (C=O) groups excluding carboxylic acids is 3. The predicted octanol–water partition coefficient (Wildman–Crippen LogP) is 2.68. The molecule has 2 aromatic carbocycles. The average Bonchev–Trinajstić information content (AvgIpc) is 3.07. The molecule has 0 saturated carbocycles. The van der Waals surface area contributed by atoms with Crippen molar-refractivity contribution in [3.63, 3.8) is 0 Å². The van der Waals surface area contributed by atoms with Crippen LogP contribution in [0.25, 0.3) is 22.6 Å². The Kier molecular flexibility index (Phi) is 4.37. The Labute approximate surface area is 158 Å². The lowest BCUT2D eigenvalue weighted by Crippen LogP contribution is -2.52. The molecule has 7 nitrogen and oxygen atoms in total. The standard InChI is InChI=1S/C19H14ClN3O4/c20-12-3-1-2-11(8-12)19-22-14-9-10(4-6-15(14)27-19)17(25)21-13-5-7-16(24)23-18(13)26/h1-4,6,8-9,13H,5,7H2,(H,21,25)(H,23,24,26). The number of hydrogen-bond donors (Lipinski definition) is 2. The third-order valence-electron chi connectivity index (χ3n) is 4.27. The van der Waals surface area contributed by atoms with Crippen molar-refractivity contribution >= 4 is 40.4 Å². The van der Waals surface area contributed by atoms with Crippen LogP contribution in [0.4, 0.5) is 0 Å². The molecule has 136 valence electrons. The normalized spacial score (nSPS) is 17.0. The molecule has 8 heteroatoms. The highest BCUT2D eigenvalue weighted by molar-refractivity contribution is 6.30. The largest absolute Gasteiger partial charge is 0.436 e. The molecule has 0 radical (unpaired) electrons. The summed E-state index contributed by atoms with van der Waals surface area (Å²) in [6.07, 6.45) is 0.476. The number of benzene rings is 2. The molecule has 0 aliphatic carbocycles. The van der Waals surface area contributed by atoms with Gasteiger partial charge in [0.15, 0.2) is 5.58 Å². The fraction of sp³-hybridized carbons (Fsp3) is 0.158. The van der Waals surface area contributed by atoms with Gasteiger partial charge < -0.3 is 9.73 Å². The van der Waals surface area contributed by atoms with Gasteiger partial charge in [-0.25, -0.2) is 4.98 Å². The molecule has 27 heavy (non-hydrogen) atoms. The van der Waals surface area contributed by atoms with E-state index in [1.807, 2.05) is 6.07 Å². The Morgan fingerprint density at radius 2 is 2.07 bits per heavy atom. The Morgan fingerprint density at radius 1 is 1.22 bits per heavy atom. The van der Waals surface area contributed by atoms with Crippen molar-refractivity contribution in [1.82, 2.24) is 15.6 Å². The number of oxazole rings is 1. The fourth-order valence-corrected chi connectivity index (χ4v) is 3.08. The van der Waals surface area contributed by atoms with Crippen LogP contribution in [0.15, 0.2) is 46.9 Å². The van der Waals surface area contributed by atoms with E-state index in [0.717, 1.165) is 5.56 Å². The summed E-state index contributed by atoms with van der Waals surface area (Å²) in [5.41, 5.74) is 2.12. The second-order valence-corrected chi connectivity index (χ2v) is 6.63. The van der Waals surface area contributed by atoms with Crippen LogP contribution >= 0.6 is 11.6 Å². The van der Waals surface area contributed by atoms with Crippen LogP contribution in [-0.2, 0) is 9.59 Å². The molecule has 1 atom stereocenters. The molecule has 1 aromatic heterocycles. The first kappa shape index (κ1) is 17.2. The number of hydrogen-bond acceptors (Lipinski definition) is 5. The molecule has 4 rings (SSSR count). The van der Waals surface area contributed by atoms with Crippen LogP contribution in [0.5, 0.6) is 0 Å². The van der Waals surface area contributed by atoms with Crippen molar-refractivity contribution in [3.05, 3.63) is 53.1 Å². The smallest absolute Gasteiger partial charge is 0.252 e. The van der Waals surface area contributed by atoms with Crippen molar-refractivity contribution in [3.8, 4) is 11.5 Å². The topological polar surface area (TPSA) is 101 Å². The molecule has 1 unspecified atom stereocenters. The highest BCUT2D eigenvalue weighted by Gasteiger charge is 2.28. The lowest BCUT2D eigenvalue weighted by atomic mass is 10.1. The number of halogens is 1. The Hall–Kier alpha value is -3.19. The van der Waals surface area contributed by atoms with Crippen molar-refractivity contribution < 1.29 is 18.8 Å². The van der Waals surface area contributed by atoms with Crippen LogP contribution in [0, 0.1) is 0 Å². The van der Waals surface area contributed by atoms with Gasteiger partial charge in [0, 0.05) is 22.6 Å². The van der Waals surface area contributed by atoms with E-state index in [2.05, 4.69) is 15.6 Å². The first-order chi connectivity index (χ1) is 13.0. The van der Waals surface area contributed by atoms with Gasteiger partial charge >= 0.3 is 0 Å². The fourth-order valence-electron chi connectivity index (χ4n) is 2.89. The average molecular weight is 384 g/mol. The number of nitrogens with one attached hydrogen (secondary N) is 2. The van der Waals surface area contributed by atoms with Crippen LogP contribution in [0.1, 0.15) is 23.2 Å². The number of amides is 3. The number of rotatable bonds is 3. The van der Waals surface area contributed by atoms with Gasteiger partial charge in [-0.3, -0.25) is 19.7 Å². The maximum absolute atomic E-state index is 12.5. The lowest BCUT2D eigenvalue weighted by molar-refractivity contribution is -0.134. The number of fused-ring (bicyclic) bond motifs is 1. The van der Waals surface area contributed by atoms with Crippen LogP contribution in [-0.4, -0.2) is 28.7 Å². The number of carbonyl (C=O) groups is 3. The van der Waals surface area contributed by atoms with Gasteiger partial charge in [-0.05, 0) is 42.8 Å². The molecule has 1 saturated heterocycles. The van der Waals surface area contributed by atoms with Crippen molar-refractivity contribution in [1.29, 1.82) is 0 Å². The van der Waals surface area contributed by atoms with Crippen LogP contribution in [0.3, 0.4) is 0 Å². The minimum Gasteiger partial charge on any atom is -0.436 e. The molecule has 2 N–H and O–H groups in total. The molecule has 3 aromatic rings. The minimum atomic E-state index is -0.731. The maximum Gasteiger partial charge on any atom is 0.252 e. The van der Waals surface area contributed by atoms with Crippen LogP contribution in [0.2, 0.25) is 5.02 Å². The molecule has 2 heterocycles. The number of aromatic nitrogens is 1. The summed E-state index contributed by atoms with van der Waals surface area (Å²) in [5, 5.41) is 5.42. The highest BCUT2D eigenvalue weighted by Crippen LogP contribution is 2.26. The van der Waals surface area contributed by atoms with Gasteiger partial charge in [-0.1, -0.05) is 17.7 Å². The molecule has 1 aliphatic heterocycles. The second-order valence-electron chi connectivity index (χ2n) is 6.19. The summed E-state index contributed by atoms with van der Waals surface area (Å²) in [5.74, 6) is -0.845. The monoisotopic (exact) mass is 383 g/mol. The molecule has 1 aliphatic rings. The van der Waals surface area contributed by atoms with E-state index < -0.39 is 17.9 Å². The Morgan fingerprint density at radius 3 is 2.85 bits per heavy atom. The summed E-state index contributed by atoms with van der Waals surface area (Å²) in [7, 11) is 0. The Bertz CT molecular complexity index is 1080. The summed E-state index contributed by atoms with van der Waals surface area (Å²) in [6, 6.07) is 11.2. The van der Waals surface area contributed by atoms with Gasteiger partial charge in [0.05, 0.1) is 0 Å². The van der Waals surface area contributed by atoms with E-state index in [-0.39, 0.29) is 18.7 Å². The van der Waals surface area contributed by atoms with Crippen molar-refractivity contribution in [2.45, 2.75) is 18.9 Å². The third-order valence-corrected chi connectivity index (χ3v) is 4.50. The van der Waals surface area contributed by atoms with E-state index in [4.69, 9.17) is 16.0 Å². The zero-order valence-corrected chi connectivity index (χ0v) is 14.7. The zero-order valence-electron chi connectivity index (χ0n) is 14.0.